The molecule has 0 aromatic heterocycles. The van der Waals surface area contributed by atoms with Crippen LogP contribution in [-0.4, -0.2) is 49.7 Å². The van der Waals surface area contributed by atoms with Gasteiger partial charge in [0.1, 0.15) is 5.54 Å². The second-order valence-corrected chi connectivity index (χ2v) is 11.3. The number of carbonyl (C=O) groups excluding carboxylic acids is 2. The molecule has 0 spiro atoms. The fraction of sp³-hybridized carbons (Fsp3) is 0.417. The van der Waals surface area contributed by atoms with E-state index in [4.69, 9.17) is 11.6 Å². The second kappa shape index (κ2) is 9.83. The highest BCUT2D eigenvalue weighted by molar-refractivity contribution is 7.89. The lowest BCUT2D eigenvalue weighted by Crippen LogP contribution is -2.70. The van der Waals surface area contributed by atoms with Crippen molar-refractivity contribution in [3.8, 4) is 0 Å². The number of amides is 2. The molecule has 1 saturated heterocycles. The number of benzene rings is 2. The summed E-state index contributed by atoms with van der Waals surface area (Å²) in [6, 6.07) is 13.0. The number of aryl methyl sites for hydroxylation is 1. The Hall–Kier alpha value is -2.42. The molecule has 1 heterocycles. The minimum absolute atomic E-state index is 0.0766. The first kappa shape index (κ1) is 25.2. The van der Waals surface area contributed by atoms with Crippen molar-refractivity contribution in [3.63, 3.8) is 0 Å². The quantitative estimate of drug-likeness (QED) is 0.641. The third kappa shape index (κ3) is 5.23. The first-order chi connectivity index (χ1) is 15.5. The van der Waals surface area contributed by atoms with Crippen molar-refractivity contribution in [2.24, 2.45) is 5.92 Å². The van der Waals surface area contributed by atoms with E-state index < -0.39 is 27.4 Å². The lowest BCUT2D eigenvalue weighted by molar-refractivity contribution is -0.132. The van der Waals surface area contributed by atoms with Crippen molar-refractivity contribution in [1.29, 1.82) is 0 Å². The average Bonchev–Trinajstić information content (AvgIpc) is 2.75. The van der Waals surface area contributed by atoms with E-state index in [9.17, 15) is 18.0 Å². The molecule has 3 rings (SSSR count). The maximum atomic E-state index is 13.5. The molecular weight excluding hydrogens is 462 g/mol. The molecule has 0 radical (unpaired) electrons. The third-order valence-corrected chi connectivity index (χ3v) is 7.87. The van der Waals surface area contributed by atoms with Gasteiger partial charge in [-0.1, -0.05) is 49.7 Å². The summed E-state index contributed by atoms with van der Waals surface area (Å²) in [6.07, 6.45) is 0.762. The van der Waals surface area contributed by atoms with Crippen molar-refractivity contribution >= 4 is 39.1 Å². The van der Waals surface area contributed by atoms with E-state index in [2.05, 4.69) is 5.32 Å². The van der Waals surface area contributed by atoms with Crippen LogP contribution in [0, 0.1) is 12.8 Å². The van der Waals surface area contributed by atoms with Gasteiger partial charge in [0.2, 0.25) is 21.8 Å². The third-order valence-electron chi connectivity index (χ3n) is 5.83. The SMILES string of the molecule is Cc1ccc(Cl)cc1N1C(=O)CN(S(=O)(=O)c2ccccc2)C[C@@]1(C)C(=O)NCCC(C)C. The molecule has 0 bridgehead atoms. The van der Waals surface area contributed by atoms with Crippen LogP contribution in [-0.2, 0) is 19.6 Å². The number of nitrogens with one attached hydrogen (secondary N) is 1. The molecule has 33 heavy (non-hydrogen) atoms. The second-order valence-electron chi connectivity index (χ2n) is 8.96. The van der Waals surface area contributed by atoms with E-state index in [1.807, 2.05) is 20.8 Å². The molecule has 2 amide bonds. The number of anilines is 1. The smallest absolute Gasteiger partial charge is 0.247 e. The van der Waals surface area contributed by atoms with Gasteiger partial charge in [-0.05, 0) is 56.0 Å². The van der Waals surface area contributed by atoms with Crippen LogP contribution in [0.2, 0.25) is 5.02 Å². The Kier molecular flexibility index (Phi) is 7.51. The van der Waals surface area contributed by atoms with E-state index >= 15 is 0 Å². The van der Waals surface area contributed by atoms with Crippen molar-refractivity contribution in [2.75, 3.05) is 24.5 Å². The zero-order chi connectivity index (χ0) is 24.4. The van der Waals surface area contributed by atoms with Gasteiger partial charge in [0, 0.05) is 23.8 Å². The molecule has 1 atom stereocenters. The molecule has 1 aliphatic rings. The molecule has 0 unspecified atom stereocenters. The van der Waals surface area contributed by atoms with Gasteiger partial charge in [0.25, 0.3) is 0 Å². The van der Waals surface area contributed by atoms with E-state index in [1.165, 1.54) is 17.0 Å². The molecule has 1 fully saturated rings. The minimum Gasteiger partial charge on any atom is -0.354 e. The number of nitrogens with zero attached hydrogens (tertiary/aromatic N) is 2. The van der Waals surface area contributed by atoms with Gasteiger partial charge in [-0.3, -0.25) is 14.5 Å². The fourth-order valence-corrected chi connectivity index (χ4v) is 5.61. The molecule has 7 nitrogen and oxygen atoms in total. The Morgan fingerprint density at radius 1 is 1.18 bits per heavy atom. The van der Waals surface area contributed by atoms with E-state index in [0.717, 1.165) is 16.3 Å². The molecule has 2 aromatic rings. The van der Waals surface area contributed by atoms with Crippen molar-refractivity contribution < 1.29 is 18.0 Å². The lowest BCUT2D eigenvalue weighted by atomic mass is 9.93. The normalized spacial score (nSPS) is 19.7. The Morgan fingerprint density at radius 2 is 1.85 bits per heavy atom. The van der Waals surface area contributed by atoms with E-state index in [0.29, 0.717) is 23.2 Å². The standard InChI is InChI=1S/C24H30ClN3O4S/c1-17(2)12-13-26-23(30)24(4)16-27(33(31,32)20-8-6-5-7-9-20)15-22(29)28(24)21-14-19(25)11-10-18(21)3/h5-11,14,17H,12-13,15-16H2,1-4H3,(H,26,30)/t24-/m0/s1. The Morgan fingerprint density at radius 3 is 2.48 bits per heavy atom. The highest BCUT2D eigenvalue weighted by atomic mass is 35.5. The summed E-state index contributed by atoms with van der Waals surface area (Å²) in [6.45, 7) is 7.38. The number of halogens is 1. The summed E-state index contributed by atoms with van der Waals surface area (Å²) in [5, 5.41) is 3.32. The minimum atomic E-state index is -3.98. The number of rotatable bonds is 7. The summed E-state index contributed by atoms with van der Waals surface area (Å²) in [5.74, 6) is -0.524. The largest absolute Gasteiger partial charge is 0.354 e. The van der Waals surface area contributed by atoms with Gasteiger partial charge in [0.05, 0.1) is 11.4 Å². The van der Waals surface area contributed by atoms with Gasteiger partial charge in [-0.2, -0.15) is 4.31 Å². The topological polar surface area (TPSA) is 86.8 Å². The van der Waals surface area contributed by atoms with Crippen molar-refractivity contribution in [1.82, 2.24) is 9.62 Å². The lowest BCUT2D eigenvalue weighted by Gasteiger charge is -2.47. The predicted octanol–water partition coefficient (Wildman–Crippen LogP) is 3.61. The van der Waals surface area contributed by atoms with Crippen LogP contribution in [0.4, 0.5) is 5.69 Å². The summed E-state index contributed by atoms with van der Waals surface area (Å²) in [7, 11) is -3.98. The van der Waals surface area contributed by atoms with Gasteiger partial charge in [-0.25, -0.2) is 8.42 Å². The van der Waals surface area contributed by atoms with Crippen LogP contribution in [0.15, 0.2) is 53.4 Å². The highest BCUT2D eigenvalue weighted by Crippen LogP contribution is 2.35. The molecule has 178 valence electrons. The summed E-state index contributed by atoms with van der Waals surface area (Å²) >= 11 is 6.21. The van der Waals surface area contributed by atoms with Gasteiger partial charge < -0.3 is 5.32 Å². The van der Waals surface area contributed by atoms with E-state index in [1.54, 1.807) is 43.3 Å². The Bertz CT molecular complexity index is 1140. The van der Waals surface area contributed by atoms with Crippen LogP contribution in [0.5, 0.6) is 0 Å². The fourth-order valence-electron chi connectivity index (χ4n) is 3.94. The van der Waals surface area contributed by atoms with Gasteiger partial charge >= 0.3 is 0 Å². The van der Waals surface area contributed by atoms with Crippen LogP contribution in [0.1, 0.15) is 32.8 Å². The summed E-state index contributed by atoms with van der Waals surface area (Å²) in [5.41, 5.74) is -0.219. The monoisotopic (exact) mass is 491 g/mol. The Balaban J connectivity index is 2.05. The van der Waals surface area contributed by atoms with Gasteiger partial charge in [-0.15, -0.1) is 0 Å². The predicted molar refractivity (Wildman–Crippen MR) is 130 cm³/mol. The maximum Gasteiger partial charge on any atom is 0.247 e. The number of carbonyl (C=O) groups is 2. The molecule has 0 saturated carbocycles. The van der Waals surface area contributed by atoms with E-state index in [-0.39, 0.29) is 18.0 Å². The Labute approximate surface area is 200 Å². The van der Waals surface area contributed by atoms with Crippen molar-refractivity contribution in [3.05, 3.63) is 59.1 Å². The molecule has 1 N–H and O–H groups in total. The highest BCUT2D eigenvalue weighted by Gasteiger charge is 2.51. The van der Waals surface area contributed by atoms with Crippen LogP contribution >= 0.6 is 11.6 Å². The zero-order valence-corrected chi connectivity index (χ0v) is 20.9. The molecule has 9 heteroatoms. The number of piperazine rings is 1. The van der Waals surface area contributed by atoms with Crippen LogP contribution in [0.3, 0.4) is 0 Å². The van der Waals surface area contributed by atoms with Gasteiger partial charge in [0.15, 0.2) is 0 Å². The summed E-state index contributed by atoms with van der Waals surface area (Å²) in [4.78, 5) is 28.4. The zero-order valence-electron chi connectivity index (χ0n) is 19.3. The molecular formula is C24H30ClN3O4S. The number of sulfonamides is 1. The average molecular weight is 492 g/mol. The summed E-state index contributed by atoms with van der Waals surface area (Å²) < 4.78 is 27.7. The number of hydrogen-bond acceptors (Lipinski definition) is 4. The molecule has 1 aliphatic heterocycles. The maximum absolute atomic E-state index is 13.5. The van der Waals surface area contributed by atoms with Crippen LogP contribution < -0.4 is 10.2 Å². The molecule has 0 aliphatic carbocycles. The van der Waals surface area contributed by atoms with Crippen LogP contribution in [0.25, 0.3) is 0 Å². The molecule has 2 aromatic carbocycles. The first-order valence-corrected chi connectivity index (χ1v) is 12.7. The van der Waals surface area contributed by atoms with Crippen molar-refractivity contribution in [2.45, 2.75) is 44.6 Å². The first-order valence-electron chi connectivity index (χ1n) is 10.9. The number of hydrogen-bond donors (Lipinski definition) is 1.